The van der Waals surface area contributed by atoms with Crippen LogP contribution in [0.25, 0.3) is 0 Å². The molecule has 0 aliphatic rings. The van der Waals surface area contributed by atoms with Crippen LogP contribution in [-0.4, -0.2) is 32.2 Å². The van der Waals surface area contributed by atoms with Crippen molar-refractivity contribution in [3.63, 3.8) is 0 Å². The molecule has 0 spiro atoms. The lowest BCUT2D eigenvalue weighted by atomic mass is 10.1. The van der Waals surface area contributed by atoms with Crippen LogP contribution in [0, 0.1) is 5.92 Å². The maximum Gasteiger partial charge on any atom is 0.137 e. The first-order valence-electron chi connectivity index (χ1n) is 4.86. The standard InChI is InChI=1S/C10H20O3/c1-4-12-7-8-13-6-5-10(11)9(2)3/h9H,4-8H2,1-3H3. The summed E-state index contributed by atoms with van der Waals surface area (Å²) in [6, 6.07) is 0. The SMILES string of the molecule is CCOCCOCCC(=O)C(C)C. The fourth-order valence-electron chi connectivity index (χ4n) is 0.826. The summed E-state index contributed by atoms with van der Waals surface area (Å²) in [5.41, 5.74) is 0. The highest BCUT2D eigenvalue weighted by Gasteiger charge is 2.05. The van der Waals surface area contributed by atoms with E-state index >= 15 is 0 Å². The van der Waals surface area contributed by atoms with E-state index in [0.29, 0.717) is 32.8 Å². The molecule has 0 atom stereocenters. The predicted octanol–water partition coefficient (Wildman–Crippen LogP) is 1.65. The van der Waals surface area contributed by atoms with E-state index in [-0.39, 0.29) is 11.7 Å². The minimum atomic E-state index is 0.121. The first-order valence-corrected chi connectivity index (χ1v) is 4.86. The molecule has 0 aromatic carbocycles. The van der Waals surface area contributed by atoms with Gasteiger partial charge in [0, 0.05) is 18.9 Å². The van der Waals surface area contributed by atoms with Crippen molar-refractivity contribution >= 4 is 5.78 Å². The van der Waals surface area contributed by atoms with Gasteiger partial charge < -0.3 is 9.47 Å². The smallest absolute Gasteiger partial charge is 0.137 e. The Hall–Kier alpha value is -0.410. The molecule has 0 aromatic heterocycles. The molecule has 13 heavy (non-hydrogen) atoms. The van der Waals surface area contributed by atoms with Crippen LogP contribution in [0.3, 0.4) is 0 Å². The van der Waals surface area contributed by atoms with Crippen molar-refractivity contribution in [2.24, 2.45) is 5.92 Å². The van der Waals surface area contributed by atoms with Gasteiger partial charge in [-0.25, -0.2) is 0 Å². The lowest BCUT2D eigenvalue weighted by molar-refractivity contribution is -0.123. The average molecular weight is 188 g/mol. The van der Waals surface area contributed by atoms with Gasteiger partial charge in [0.25, 0.3) is 0 Å². The number of rotatable bonds is 8. The van der Waals surface area contributed by atoms with Gasteiger partial charge >= 0.3 is 0 Å². The summed E-state index contributed by atoms with van der Waals surface area (Å²) >= 11 is 0. The number of hydrogen-bond acceptors (Lipinski definition) is 3. The third-order valence-electron chi connectivity index (χ3n) is 1.71. The first kappa shape index (κ1) is 12.6. The Balaban J connectivity index is 3.12. The number of carbonyl (C=O) groups excluding carboxylic acids is 1. The maximum atomic E-state index is 11.1. The average Bonchev–Trinajstić information content (AvgIpc) is 2.10. The lowest BCUT2D eigenvalue weighted by Crippen LogP contribution is -2.12. The molecule has 0 saturated carbocycles. The molecule has 0 unspecified atom stereocenters. The van der Waals surface area contributed by atoms with E-state index in [1.54, 1.807) is 0 Å². The molecule has 0 amide bonds. The molecule has 0 heterocycles. The summed E-state index contributed by atoms with van der Waals surface area (Å²) in [5.74, 6) is 0.381. The highest BCUT2D eigenvalue weighted by atomic mass is 16.5. The van der Waals surface area contributed by atoms with Gasteiger partial charge in [-0.3, -0.25) is 4.79 Å². The predicted molar refractivity (Wildman–Crippen MR) is 51.8 cm³/mol. The van der Waals surface area contributed by atoms with Crippen LogP contribution in [0.1, 0.15) is 27.2 Å². The minimum Gasteiger partial charge on any atom is -0.379 e. The van der Waals surface area contributed by atoms with E-state index < -0.39 is 0 Å². The summed E-state index contributed by atoms with van der Waals surface area (Å²) in [5, 5.41) is 0. The molecule has 78 valence electrons. The van der Waals surface area contributed by atoms with Crippen LogP contribution in [0.5, 0.6) is 0 Å². The number of ether oxygens (including phenoxy) is 2. The van der Waals surface area contributed by atoms with E-state index in [0.717, 1.165) is 0 Å². The van der Waals surface area contributed by atoms with E-state index in [9.17, 15) is 4.79 Å². The second-order valence-electron chi connectivity index (χ2n) is 3.18. The largest absolute Gasteiger partial charge is 0.379 e. The van der Waals surface area contributed by atoms with Crippen molar-refractivity contribution in [3.05, 3.63) is 0 Å². The fourth-order valence-corrected chi connectivity index (χ4v) is 0.826. The monoisotopic (exact) mass is 188 g/mol. The van der Waals surface area contributed by atoms with Gasteiger partial charge in [-0.2, -0.15) is 0 Å². The summed E-state index contributed by atoms with van der Waals surface area (Å²) < 4.78 is 10.3. The molecule has 0 rings (SSSR count). The van der Waals surface area contributed by atoms with E-state index in [4.69, 9.17) is 9.47 Å². The molecule has 0 aliphatic carbocycles. The van der Waals surface area contributed by atoms with Crippen molar-refractivity contribution < 1.29 is 14.3 Å². The molecule has 3 nitrogen and oxygen atoms in total. The summed E-state index contributed by atoms with van der Waals surface area (Å²) in [6.45, 7) is 8.19. The number of ketones is 1. The third kappa shape index (κ3) is 7.94. The van der Waals surface area contributed by atoms with Crippen LogP contribution >= 0.6 is 0 Å². The highest BCUT2D eigenvalue weighted by Crippen LogP contribution is 1.98. The summed E-state index contributed by atoms with van der Waals surface area (Å²) in [4.78, 5) is 11.1. The molecule has 3 heteroatoms. The second-order valence-corrected chi connectivity index (χ2v) is 3.18. The number of Topliss-reactive ketones (excluding diaryl/α,β-unsaturated/α-hetero) is 1. The molecule has 0 fully saturated rings. The lowest BCUT2D eigenvalue weighted by Gasteiger charge is -2.05. The molecule has 0 bridgehead atoms. The van der Waals surface area contributed by atoms with Gasteiger partial charge in [-0.1, -0.05) is 13.8 Å². The Bertz CT molecular complexity index is 132. The normalized spacial score (nSPS) is 10.8. The van der Waals surface area contributed by atoms with Gasteiger partial charge in [0.2, 0.25) is 0 Å². The molecule has 0 N–H and O–H groups in total. The topological polar surface area (TPSA) is 35.5 Å². The van der Waals surface area contributed by atoms with Crippen LogP contribution in [0.15, 0.2) is 0 Å². The molecule has 0 aliphatic heterocycles. The Kier molecular flexibility index (Phi) is 7.94. The minimum absolute atomic E-state index is 0.121. The zero-order chi connectivity index (χ0) is 10.1. The molecule has 0 saturated heterocycles. The Morgan fingerprint density at radius 2 is 1.77 bits per heavy atom. The van der Waals surface area contributed by atoms with Gasteiger partial charge in [0.05, 0.1) is 19.8 Å². The second kappa shape index (κ2) is 8.20. The Morgan fingerprint density at radius 3 is 2.31 bits per heavy atom. The zero-order valence-corrected chi connectivity index (χ0v) is 8.84. The highest BCUT2D eigenvalue weighted by molar-refractivity contribution is 5.80. The third-order valence-corrected chi connectivity index (χ3v) is 1.71. The molecular weight excluding hydrogens is 168 g/mol. The van der Waals surface area contributed by atoms with Crippen molar-refractivity contribution in [1.29, 1.82) is 0 Å². The summed E-state index contributed by atoms with van der Waals surface area (Å²) in [7, 11) is 0. The quantitative estimate of drug-likeness (QED) is 0.543. The van der Waals surface area contributed by atoms with Crippen LogP contribution in [-0.2, 0) is 14.3 Å². The Labute approximate surface area is 80.4 Å². The summed E-state index contributed by atoms with van der Waals surface area (Å²) in [6.07, 6.45) is 0.518. The maximum absolute atomic E-state index is 11.1. The van der Waals surface area contributed by atoms with Crippen molar-refractivity contribution in [3.8, 4) is 0 Å². The number of carbonyl (C=O) groups is 1. The molecule has 0 aromatic rings. The zero-order valence-electron chi connectivity index (χ0n) is 8.84. The van der Waals surface area contributed by atoms with Gasteiger partial charge in [-0.05, 0) is 6.92 Å². The van der Waals surface area contributed by atoms with E-state index in [2.05, 4.69) is 0 Å². The first-order chi connectivity index (χ1) is 6.18. The molecular formula is C10H20O3. The Morgan fingerprint density at radius 1 is 1.15 bits per heavy atom. The van der Waals surface area contributed by atoms with Gasteiger partial charge in [0.15, 0.2) is 0 Å². The number of hydrogen-bond donors (Lipinski definition) is 0. The van der Waals surface area contributed by atoms with Crippen LogP contribution in [0.4, 0.5) is 0 Å². The van der Waals surface area contributed by atoms with Gasteiger partial charge in [0.1, 0.15) is 5.78 Å². The molecule has 0 radical (unpaired) electrons. The van der Waals surface area contributed by atoms with Crippen LogP contribution < -0.4 is 0 Å². The van der Waals surface area contributed by atoms with Crippen molar-refractivity contribution in [2.75, 3.05) is 26.4 Å². The van der Waals surface area contributed by atoms with Crippen molar-refractivity contribution in [2.45, 2.75) is 27.2 Å². The van der Waals surface area contributed by atoms with E-state index in [1.807, 2.05) is 20.8 Å². The van der Waals surface area contributed by atoms with Crippen LogP contribution in [0.2, 0.25) is 0 Å². The fraction of sp³-hybridized carbons (Fsp3) is 0.900. The van der Waals surface area contributed by atoms with E-state index in [1.165, 1.54) is 0 Å². The van der Waals surface area contributed by atoms with Crippen molar-refractivity contribution in [1.82, 2.24) is 0 Å². The van der Waals surface area contributed by atoms with Gasteiger partial charge in [-0.15, -0.1) is 0 Å².